The van der Waals surface area contributed by atoms with Crippen LogP contribution in [0.15, 0.2) is 71.9 Å². The molecule has 1 aliphatic rings. The number of anilines is 1. The SMILES string of the molecule is c1cn(-c2nsc(N(CCCNCc3ccc4c(c3)OCO4)Cc3ccc4occc4c3)n2)cn1. The van der Waals surface area contributed by atoms with Crippen molar-refractivity contribution in [2.24, 2.45) is 0 Å². The molecule has 0 atom stereocenters. The van der Waals surface area contributed by atoms with E-state index in [1.807, 2.05) is 35.0 Å². The minimum absolute atomic E-state index is 0.295. The van der Waals surface area contributed by atoms with Gasteiger partial charge < -0.3 is 24.1 Å². The summed E-state index contributed by atoms with van der Waals surface area (Å²) in [5, 5.41) is 5.52. The maximum atomic E-state index is 5.49. The molecule has 0 amide bonds. The summed E-state index contributed by atoms with van der Waals surface area (Å²) in [4.78, 5) is 11.2. The van der Waals surface area contributed by atoms with Crippen LogP contribution in [0.3, 0.4) is 0 Å². The predicted octanol–water partition coefficient (Wildman–Crippen LogP) is 4.39. The minimum atomic E-state index is 0.295. The summed E-state index contributed by atoms with van der Waals surface area (Å²) < 4.78 is 22.7. The smallest absolute Gasteiger partial charge is 0.248 e. The van der Waals surface area contributed by atoms with Crippen LogP contribution in [-0.4, -0.2) is 38.8 Å². The topological polar surface area (TPSA) is 90.5 Å². The lowest BCUT2D eigenvalue weighted by Crippen LogP contribution is -2.27. The largest absolute Gasteiger partial charge is 0.464 e. The van der Waals surface area contributed by atoms with Crippen molar-refractivity contribution in [3.05, 3.63) is 78.6 Å². The molecule has 178 valence electrons. The van der Waals surface area contributed by atoms with Crippen LogP contribution in [0.1, 0.15) is 17.5 Å². The second kappa shape index (κ2) is 9.77. The molecule has 1 aliphatic heterocycles. The van der Waals surface area contributed by atoms with Gasteiger partial charge in [0.2, 0.25) is 17.9 Å². The molecule has 5 aromatic rings. The van der Waals surface area contributed by atoms with E-state index in [0.29, 0.717) is 12.7 Å². The number of aromatic nitrogens is 4. The summed E-state index contributed by atoms with van der Waals surface area (Å²) in [6, 6.07) is 14.4. The molecule has 0 radical (unpaired) electrons. The second-order valence-corrected chi connectivity index (χ2v) is 9.01. The van der Waals surface area contributed by atoms with Crippen LogP contribution in [-0.2, 0) is 13.1 Å². The zero-order valence-corrected chi connectivity index (χ0v) is 19.8. The van der Waals surface area contributed by atoms with Gasteiger partial charge in [-0.15, -0.1) is 0 Å². The average Bonchev–Trinajstić information content (AvgIpc) is 3.68. The van der Waals surface area contributed by atoms with Gasteiger partial charge in [-0.1, -0.05) is 12.1 Å². The van der Waals surface area contributed by atoms with Crippen LogP contribution in [0.2, 0.25) is 0 Å². The zero-order chi connectivity index (χ0) is 23.5. The summed E-state index contributed by atoms with van der Waals surface area (Å²) in [6.45, 7) is 3.53. The normalized spacial score (nSPS) is 12.5. The van der Waals surface area contributed by atoms with E-state index >= 15 is 0 Å². The molecule has 1 N–H and O–H groups in total. The third kappa shape index (κ3) is 4.84. The molecule has 6 rings (SSSR count). The van der Waals surface area contributed by atoms with Crippen molar-refractivity contribution < 1.29 is 13.9 Å². The van der Waals surface area contributed by atoms with E-state index in [4.69, 9.17) is 18.9 Å². The number of nitrogens with one attached hydrogen (secondary N) is 1. The number of hydrogen-bond acceptors (Lipinski definition) is 9. The molecule has 2 aromatic carbocycles. The Morgan fingerprint density at radius 1 is 1.06 bits per heavy atom. The lowest BCUT2D eigenvalue weighted by atomic mass is 10.1. The van der Waals surface area contributed by atoms with E-state index in [9.17, 15) is 0 Å². The summed E-state index contributed by atoms with van der Waals surface area (Å²) in [5.41, 5.74) is 3.27. The summed E-state index contributed by atoms with van der Waals surface area (Å²) in [6.07, 6.45) is 7.97. The molecule has 9 nitrogen and oxygen atoms in total. The van der Waals surface area contributed by atoms with Crippen molar-refractivity contribution in [1.29, 1.82) is 0 Å². The lowest BCUT2D eigenvalue weighted by molar-refractivity contribution is 0.174. The fourth-order valence-corrected chi connectivity index (χ4v) is 4.77. The third-order valence-electron chi connectivity index (χ3n) is 5.85. The Hall–Kier alpha value is -3.89. The quantitative estimate of drug-likeness (QED) is 0.290. The van der Waals surface area contributed by atoms with Crippen molar-refractivity contribution in [1.82, 2.24) is 24.2 Å². The summed E-state index contributed by atoms with van der Waals surface area (Å²) in [5.74, 6) is 2.26. The highest BCUT2D eigenvalue weighted by Crippen LogP contribution is 2.32. The Labute approximate surface area is 206 Å². The van der Waals surface area contributed by atoms with Gasteiger partial charge in [-0.3, -0.25) is 4.57 Å². The first kappa shape index (κ1) is 21.6. The Balaban J connectivity index is 1.11. The predicted molar refractivity (Wildman–Crippen MR) is 133 cm³/mol. The maximum Gasteiger partial charge on any atom is 0.248 e. The molecule has 0 unspecified atom stereocenters. The molecular formula is C25H24N6O3S. The number of hydrogen-bond donors (Lipinski definition) is 1. The molecule has 0 fully saturated rings. The molecule has 3 aromatic heterocycles. The first-order valence-electron chi connectivity index (χ1n) is 11.4. The van der Waals surface area contributed by atoms with Crippen LogP contribution >= 0.6 is 11.5 Å². The van der Waals surface area contributed by atoms with Gasteiger partial charge in [0.05, 0.1) is 6.26 Å². The van der Waals surface area contributed by atoms with Crippen LogP contribution in [0, 0.1) is 0 Å². The lowest BCUT2D eigenvalue weighted by Gasteiger charge is -2.21. The number of fused-ring (bicyclic) bond motifs is 2. The minimum Gasteiger partial charge on any atom is -0.464 e. The van der Waals surface area contributed by atoms with E-state index in [1.54, 1.807) is 18.8 Å². The molecule has 35 heavy (non-hydrogen) atoms. The molecule has 0 aliphatic carbocycles. The van der Waals surface area contributed by atoms with Gasteiger partial charge in [0.1, 0.15) is 11.9 Å². The Kier molecular flexibility index (Phi) is 6.04. The van der Waals surface area contributed by atoms with E-state index in [-0.39, 0.29) is 0 Å². The van der Waals surface area contributed by atoms with Crippen molar-refractivity contribution in [2.75, 3.05) is 24.8 Å². The molecular weight excluding hydrogens is 464 g/mol. The van der Waals surface area contributed by atoms with Crippen molar-refractivity contribution in [3.8, 4) is 17.4 Å². The van der Waals surface area contributed by atoms with E-state index < -0.39 is 0 Å². The van der Waals surface area contributed by atoms with E-state index in [2.05, 4.69) is 37.8 Å². The van der Waals surface area contributed by atoms with Crippen molar-refractivity contribution >= 4 is 27.6 Å². The number of furan rings is 1. The van der Waals surface area contributed by atoms with Gasteiger partial charge in [0.15, 0.2) is 11.5 Å². The van der Waals surface area contributed by atoms with Gasteiger partial charge in [0.25, 0.3) is 0 Å². The highest BCUT2D eigenvalue weighted by atomic mass is 32.1. The van der Waals surface area contributed by atoms with Gasteiger partial charge in [-0.05, 0) is 54.4 Å². The number of rotatable bonds is 10. The first-order chi connectivity index (χ1) is 17.3. The molecule has 0 saturated heterocycles. The number of benzene rings is 2. The molecule has 0 spiro atoms. The molecule has 10 heteroatoms. The molecule has 0 saturated carbocycles. The Morgan fingerprint density at radius 2 is 2.00 bits per heavy atom. The van der Waals surface area contributed by atoms with Gasteiger partial charge >= 0.3 is 0 Å². The monoisotopic (exact) mass is 488 g/mol. The zero-order valence-electron chi connectivity index (χ0n) is 19.0. The fourth-order valence-electron chi connectivity index (χ4n) is 4.07. The van der Waals surface area contributed by atoms with Gasteiger partial charge in [0, 0.05) is 48.9 Å². The summed E-state index contributed by atoms with van der Waals surface area (Å²) >= 11 is 1.40. The maximum absolute atomic E-state index is 5.49. The standard InChI is InChI=1S/C25H24N6O3S/c1(7-26-14-18-2-5-22-23(13-18)34-17-33-22)9-30(15-19-3-4-21-20(12-19)6-11-32-21)25-28-24(29-35-25)31-10-8-27-16-31/h2-6,8,10-13,16,26H,1,7,9,14-15,17H2. The van der Waals surface area contributed by atoms with Crippen molar-refractivity contribution in [3.63, 3.8) is 0 Å². The first-order valence-corrected chi connectivity index (χ1v) is 12.2. The van der Waals surface area contributed by atoms with Crippen LogP contribution < -0.4 is 19.7 Å². The third-order valence-corrected chi connectivity index (χ3v) is 6.62. The number of nitrogens with zero attached hydrogens (tertiary/aromatic N) is 5. The fraction of sp³-hybridized carbons (Fsp3) is 0.240. The van der Waals surface area contributed by atoms with Crippen LogP contribution in [0.4, 0.5) is 5.13 Å². The van der Waals surface area contributed by atoms with E-state index in [0.717, 1.165) is 60.2 Å². The number of imidazole rings is 1. The Morgan fingerprint density at radius 3 is 2.94 bits per heavy atom. The highest BCUT2D eigenvalue weighted by Gasteiger charge is 2.15. The Bertz CT molecular complexity index is 1410. The van der Waals surface area contributed by atoms with E-state index in [1.165, 1.54) is 22.7 Å². The average molecular weight is 489 g/mol. The molecule has 0 bridgehead atoms. The number of ether oxygens (including phenoxy) is 2. The highest BCUT2D eigenvalue weighted by molar-refractivity contribution is 7.09. The van der Waals surface area contributed by atoms with Crippen LogP contribution in [0.5, 0.6) is 11.5 Å². The van der Waals surface area contributed by atoms with Crippen molar-refractivity contribution in [2.45, 2.75) is 19.5 Å². The van der Waals surface area contributed by atoms with Gasteiger partial charge in [-0.2, -0.15) is 9.36 Å². The second-order valence-electron chi connectivity index (χ2n) is 8.28. The van der Waals surface area contributed by atoms with Crippen LogP contribution in [0.25, 0.3) is 16.9 Å². The summed E-state index contributed by atoms with van der Waals surface area (Å²) in [7, 11) is 0. The van der Waals surface area contributed by atoms with Gasteiger partial charge in [-0.25, -0.2) is 4.98 Å². The molecule has 4 heterocycles.